The van der Waals surface area contributed by atoms with E-state index in [0.29, 0.717) is 5.75 Å². The van der Waals surface area contributed by atoms with E-state index >= 15 is 0 Å². The standard InChI is InChI=1S/C19H21BrN2O2S/c1-13-4-3-5-15(8-13)11-25-12-19(24)21-10-18(23)22-17-7-6-16(20)9-14(17)2/h3-9H,10-12H2,1-2H3,(H,21,24)(H,22,23). The van der Waals surface area contributed by atoms with Crippen LogP contribution >= 0.6 is 27.7 Å². The summed E-state index contributed by atoms with van der Waals surface area (Å²) < 4.78 is 0.960. The third kappa shape index (κ3) is 6.92. The summed E-state index contributed by atoms with van der Waals surface area (Å²) in [5, 5.41) is 5.45. The fourth-order valence-electron chi connectivity index (χ4n) is 2.26. The summed E-state index contributed by atoms with van der Waals surface area (Å²) >= 11 is 4.92. The van der Waals surface area contributed by atoms with Crippen molar-refractivity contribution in [3.8, 4) is 0 Å². The van der Waals surface area contributed by atoms with Crippen LogP contribution in [0.5, 0.6) is 0 Å². The summed E-state index contributed by atoms with van der Waals surface area (Å²) in [6, 6.07) is 13.8. The number of aryl methyl sites for hydroxylation is 2. The molecule has 0 saturated heterocycles. The predicted octanol–water partition coefficient (Wildman–Crippen LogP) is 4.05. The molecule has 2 aromatic carbocycles. The smallest absolute Gasteiger partial charge is 0.243 e. The molecule has 0 aliphatic carbocycles. The SMILES string of the molecule is Cc1cccc(CSCC(=O)NCC(=O)Nc2ccc(Br)cc2C)c1. The van der Waals surface area contributed by atoms with Gasteiger partial charge in [-0.2, -0.15) is 0 Å². The number of thioether (sulfide) groups is 1. The molecule has 0 saturated carbocycles. The molecule has 0 spiro atoms. The molecular formula is C19H21BrN2O2S. The molecule has 0 aromatic heterocycles. The lowest BCUT2D eigenvalue weighted by Gasteiger charge is -2.09. The number of hydrogen-bond acceptors (Lipinski definition) is 3. The maximum Gasteiger partial charge on any atom is 0.243 e. The second-order valence-electron chi connectivity index (χ2n) is 5.77. The number of carbonyl (C=O) groups excluding carboxylic acids is 2. The van der Waals surface area contributed by atoms with Gasteiger partial charge in [0.1, 0.15) is 0 Å². The van der Waals surface area contributed by atoms with Crippen molar-refractivity contribution in [2.24, 2.45) is 0 Å². The minimum atomic E-state index is -0.234. The van der Waals surface area contributed by atoms with Gasteiger partial charge in [-0.05, 0) is 43.2 Å². The van der Waals surface area contributed by atoms with Crippen LogP contribution in [0.15, 0.2) is 46.9 Å². The minimum Gasteiger partial charge on any atom is -0.346 e. The molecule has 6 heteroatoms. The average molecular weight is 421 g/mol. The molecule has 0 fully saturated rings. The van der Waals surface area contributed by atoms with Crippen molar-refractivity contribution >= 4 is 45.2 Å². The van der Waals surface area contributed by atoms with Gasteiger partial charge in [0.05, 0.1) is 12.3 Å². The van der Waals surface area contributed by atoms with Gasteiger partial charge < -0.3 is 10.6 Å². The van der Waals surface area contributed by atoms with Crippen LogP contribution in [-0.2, 0) is 15.3 Å². The number of halogens is 1. The van der Waals surface area contributed by atoms with Crippen LogP contribution in [-0.4, -0.2) is 24.1 Å². The highest BCUT2D eigenvalue weighted by atomic mass is 79.9. The van der Waals surface area contributed by atoms with Gasteiger partial charge in [0.15, 0.2) is 0 Å². The zero-order valence-corrected chi connectivity index (χ0v) is 16.7. The summed E-state index contributed by atoms with van der Waals surface area (Å²) in [6.45, 7) is 3.94. The van der Waals surface area contributed by atoms with Crippen LogP contribution in [0.3, 0.4) is 0 Å². The normalized spacial score (nSPS) is 10.4. The van der Waals surface area contributed by atoms with Crippen molar-refractivity contribution in [3.63, 3.8) is 0 Å². The molecular weight excluding hydrogens is 400 g/mol. The van der Waals surface area contributed by atoms with Gasteiger partial charge in [0, 0.05) is 15.9 Å². The highest BCUT2D eigenvalue weighted by Crippen LogP contribution is 2.19. The van der Waals surface area contributed by atoms with Gasteiger partial charge in [0.25, 0.3) is 0 Å². The largest absolute Gasteiger partial charge is 0.346 e. The van der Waals surface area contributed by atoms with E-state index in [-0.39, 0.29) is 18.4 Å². The Morgan fingerprint density at radius 3 is 2.60 bits per heavy atom. The van der Waals surface area contributed by atoms with Gasteiger partial charge in [-0.25, -0.2) is 0 Å². The van der Waals surface area contributed by atoms with E-state index < -0.39 is 0 Å². The Morgan fingerprint density at radius 1 is 1.08 bits per heavy atom. The summed E-state index contributed by atoms with van der Waals surface area (Å²) in [5.41, 5.74) is 4.11. The number of anilines is 1. The van der Waals surface area contributed by atoms with Crippen molar-refractivity contribution in [1.82, 2.24) is 5.32 Å². The van der Waals surface area contributed by atoms with Crippen LogP contribution in [0.25, 0.3) is 0 Å². The number of amides is 2. The predicted molar refractivity (Wildman–Crippen MR) is 108 cm³/mol. The molecule has 2 aromatic rings. The zero-order valence-electron chi connectivity index (χ0n) is 14.3. The van der Waals surface area contributed by atoms with Crippen molar-refractivity contribution in [2.75, 3.05) is 17.6 Å². The quantitative estimate of drug-likeness (QED) is 0.709. The fourth-order valence-corrected chi connectivity index (χ4v) is 3.54. The first-order valence-electron chi connectivity index (χ1n) is 7.90. The molecule has 2 rings (SSSR count). The number of benzene rings is 2. The Hall–Kier alpha value is -1.79. The molecule has 4 nitrogen and oxygen atoms in total. The zero-order chi connectivity index (χ0) is 18.2. The van der Waals surface area contributed by atoms with Crippen molar-refractivity contribution in [1.29, 1.82) is 0 Å². The molecule has 25 heavy (non-hydrogen) atoms. The average Bonchev–Trinajstić information content (AvgIpc) is 2.56. The first kappa shape index (κ1) is 19.5. The Labute approximate surface area is 160 Å². The van der Waals surface area contributed by atoms with Crippen molar-refractivity contribution in [3.05, 3.63) is 63.6 Å². The molecule has 2 N–H and O–H groups in total. The second kappa shape index (κ2) is 9.63. The van der Waals surface area contributed by atoms with Crippen molar-refractivity contribution in [2.45, 2.75) is 19.6 Å². The van der Waals surface area contributed by atoms with Crippen LogP contribution in [0.1, 0.15) is 16.7 Å². The summed E-state index contributed by atoms with van der Waals surface area (Å²) in [6.07, 6.45) is 0. The first-order valence-corrected chi connectivity index (χ1v) is 9.85. The van der Waals surface area contributed by atoms with Gasteiger partial charge in [-0.1, -0.05) is 45.8 Å². The highest BCUT2D eigenvalue weighted by molar-refractivity contribution is 9.10. The van der Waals surface area contributed by atoms with Crippen LogP contribution in [0.4, 0.5) is 5.69 Å². The number of hydrogen-bond donors (Lipinski definition) is 2. The van der Waals surface area contributed by atoms with E-state index in [1.165, 1.54) is 22.9 Å². The summed E-state index contributed by atoms with van der Waals surface area (Å²) in [7, 11) is 0. The molecule has 132 valence electrons. The second-order valence-corrected chi connectivity index (χ2v) is 7.67. The Bertz CT molecular complexity index is 765. The molecule has 0 unspecified atom stereocenters. The van der Waals surface area contributed by atoms with Gasteiger partial charge in [-0.15, -0.1) is 11.8 Å². The monoisotopic (exact) mass is 420 g/mol. The molecule has 0 aliphatic rings. The van der Waals surface area contributed by atoms with E-state index in [2.05, 4.69) is 32.6 Å². The Morgan fingerprint density at radius 2 is 1.88 bits per heavy atom. The van der Waals surface area contributed by atoms with Gasteiger partial charge in [0.2, 0.25) is 11.8 Å². The molecule has 2 amide bonds. The maximum absolute atomic E-state index is 11.9. The molecule has 0 atom stereocenters. The van der Waals surface area contributed by atoms with E-state index in [9.17, 15) is 9.59 Å². The lowest BCUT2D eigenvalue weighted by atomic mass is 10.2. The first-order chi connectivity index (χ1) is 11.9. The van der Waals surface area contributed by atoms with Gasteiger partial charge in [-0.3, -0.25) is 9.59 Å². The third-order valence-electron chi connectivity index (χ3n) is 3.49. The lowest BCUT2D eigenvalue weighted by molar-refractivity contribution is -0.122. The van der Waals surface area contributed by atoms with Gasteiger partial charge >= 0.3 is 0 Å². The van der Waals surface area contributed by atoms with E-state index in [1.54, 1.807) is 0 Å². The number of rotatable bonds is 7. The molecule has 0 aliphatic heterocycles. The minimum absolute atomic E-state index is 0.0284. The van der Waals surface area contributed by atoms with E-state index in [4.69, 9.17) is 0 Å². The van der Waals surface area contributed by atoms with Crippen molar-refractivity contribution < 1.29 is 9.59 Å². The van der Waals surface area contributed by atoms with Crippen LogP contribution in [0, 0.1) is 13.8 Å². The fraction of sp³-hybridized carbons (Fsp3) is 0.263. The summed E-state index contributed by atoms with van der Waals surface area (Å²) in [5.74, 6) is 0.737. The van der Waals surface area contributed by atoms with E-state index in [1.807, 2.05) is 50.2 Å². The lowest BCUT2D eigenvalue weighted by Crippen LogP contribution is -2.34. The Balaban J connectivity index is 1.69. The number of carbonyl (C=O) groups is 2. The maximum atomic E-state index is 11.9. The molecule has 0 radical (unpaired) electrons. The third-order valence-corrected chi connectivity index (χ3v) is 4.99. The molecule has 0 heterocycles. The molecule has 0 bridgehead atoms. The highest BCUT2D eigenvalue weighted by Gasteiger charge is 2.08. The van der Waals surface area contributed by atoms with Crippen LogP contribution in [0.2, 0.25) is 0 Å². The van der Waals surface area contributed by atoms with Crippen LogP contribution < -0.4 is 10.6 Å². The number of nitrogens with one attached hydrogen (secondary N) is 2. The Kier molecular flexibility index (Phi) is 7.52. The topological polar surface area (TPSA) is 58.2 Å². The van der Waals surface area contributed by atoms with E-state index in [0.717, 1.165) is 21.5 Å². The summed E-state index contributed by atoms with van der Waals surface area (Å²) in [4.78, 5) is 23.8.